The minimum atomic E-state index is -3.58. The lowest BCUT2D eigenvalue weighted by Crippen LogP contribution is -2.42. The van der Waals surface area contributed by atoms with Crippen LogP contribution in [0.3, 0.4) is 0 Å². The van der Waals surface area contributed by atoms with E-state index in [0.717, 1.165) is 24.8 Å². The number of carbonyl (C=O) groups excluding carboxylic acids is 1. The van der Waals surface area contributed by atoms with Crippen molar-refractivity contribution in [3.63, 3.8) is 0 Å². The van der Waals surface area contributed by atoms with Gasteiger partial charge < -0.3 is 4.90 Å². The van der Waals surface area contributed by atoms with Crippen LogP contribution in [0.15, 0.2) is 21.5 Å². The number of halogens is 1. The third-order valence-electron chi connectivity index (χ3n) is 5.19. The SMILES string of the molecule is CC(C1CC1)N1Cc2cc(Br)cc(S(=O)(=O)N3CCC3)c2C1=O. The Balaban J connectivity index is 1.78. The zero-order valence-corrected chi connectivity index (χ0v) is 15.4. The number of hydrogen-bond donors (Lipinski definition) is 0. The largest absolute Gasteiger partial charge is 0.331 e. The Labute approximate surface area is 144 Å². The first-order chi connectivity index (χ1) is 10.9. The molecule has 1 aromatic carbocycles. The third-order valence-corrected chi connectivity index (χ3v) is 7.57. The number of sulfonamides is 1. The first kappa shape index (κ1) is 15.6. The molecule has 1 aromatic rings. The molecule has 23 heavy (non-hydrogen) atoms. The summed E-state index contributed by atoms with van der Waals surface area (Å²) in [4.78, 5) is 14.9. The predicted octanol–water partition coefficient (Wildman–Crippen LogP) is 2.60. The van der Waals surface area contributed by atoms with E-state index in [2.05, 4.69) is 22.9 Å². The molecule has 1 aliphatic carbocycles. The van der Waals surface area contributed by atoms with Gasteiger partial charge in [0.05, 0.1) is 10.5 Å². The Bertz CT molecular complexity index is 785. The summed E-state index contributed by atoms with van der Waals surface area (Å²) in [5.74, 6) is 0.429. The van der Waals surface area contributed by atoms with Crippen LogP contribution in [0.25, 0.3) is 0 Å². The van der Waals surface area contributed by atoms with Gasteiger partial charge in [-0.25, -0.2) is 8.42 Å². The van der Waals surface area contributed by atoms with E-state index in [-0.39, 0.29) is 16.8 Å². The lowest BCUT2D eigenvalue weighted by molar-refractivity contribution is 0.0694. The second-order valence-electron chi connectivity index (χ2n) is 6.71. The van der Waals surface area contributed by atoms with Crippen molar-refractivity contribution in [3.05, 3.63) is 27.7 Å². The number of nitrogens with zero attached hydrogens (tertiary/aromatic N) is 2. The third kappa shape index (κ3) is 2.44. The van der Waals surface area contributed by atoms with E-state index in [1.54, 1.807) is 6.07 Å². The molecule has 4 rings (SSSR count). The van der Waals surface area contributed by atoms with Gasteiger partial charge in [-0.3, -0.25) is 4.79 Å². The van der Waals surface area contributed by atoms with Crippen molar-refractivity contribution >= 4 is 31.9 Å². The Morgan fingerprint density at radius 3 is 2.52 bits per heavy atom. The molecule has 3 aliphatic rings. The number of amides is 1. The maximum absolute atomic E-state index is 12.9. The molecule has 1 saturated heterocycles. The fourth-order valence-corrected chi connectivity index (χ4v) is 5.86. The second kappa shape index (κ2) is 5.29. The van der Waals surface area contributed by atoms with Crippen molar-refractivity contribution < 1.29 is 13.2 Å². The topological polar surface area (TPSA) is 57.7 Å². The Hall–Kier alpha value is -0.920. The number of rotatable bonds is 4. The fourth-order valence-electron chi connectivity index (χ4n) is 3.43. The van der Waals surface area contributed by atoms with Gasteiger partial charge in [-0.1, -0.05) is 15.9 Å². The quantitative estimate of drug-likeness (QED) is 0.782. The van der Waals surface area contributed by atoms with Gasteiger partial charge in [0.1, 0.15) is 0 Å². The molecule has 2 aliphatic heterocycles. The first-order valence-corrected chi connectivity index (χ1v) is 10.3. The summed E-state index contributed by atoms with van der Waals surface area (Å²) in [5.41, 5.74) is 1.20. The molecule has 7 heteroatoms. The standard InChI is InChI=1S/C16H19BrN2O3S/c1-10(11-3-4-11)19-9-12-7-13(17)8-14(15(12)16(19)20)23(21,22)18-5-2-6-18/h7-8,10-11H,2-6,9H2,1H3. The monoisotopic (exact) mass is 398 g/mol. The van der Waals surface area contributed by atoms with Crippen LogP contribution in [0.1, 0.15) is 42.1 Å². The smallest absolute Gasteiger partial charge is 0.256 e. The molecule has 2 heterocycles. The van der Waals surface area contributed by atoms with Gasteiger partial charge in [0.15, 0.2) is 0 Å². The highest BCUT2D eigenvalue weighted by atomic mass is 79.9. The Kier molecular flexibility index (Phi) is 3.59. The van der Waals surface area contributed by atoms with Gasteiger partial charge in [0.25, 0.3) is 5.91 Å². The highest BCUT2D eigenvalue weighted by Crippen LogP contribution is 2.40. The van der Waals surface area contributed by atoms with Crippen LogP contribution >= 0.6 is 15.9 Å². The van der Waals surface area contributed by atoms with Crippen LogP contribution in [-0.2, 0) is 16.6 Å². The number of fused-ring (bicyclic) bond motifs is 1. The van der Waals surface area contributed by atoms with Crippen molar-refractivity contribution in [1.82, 2.24) is 9.21 Å². The lowest BCUT2D eigenvalue weighted by atomic mass is 10.1. The highest BCUT2D eigenvalue weighted by molar-refractivity contribution is 9.10. The van der Waals surface area contributed by atoms with Gasteiger partial charge in [0.2, 0.25) is 10.0 Å². The normalized spacial score (nSPS) is 22.9. The van der Waals surface area contributed by atoms with E-state index in [1.807, 2.05) is 11.0 Å². The maximum Gasteiger partial charge on any atom is 0.256 e. The number of benzene rings is 1. The highest BCUT2D eigenvalue weighted by Gasteiger charge is 2.42. The van der Waals surface area contributed by atoms with Crippen LogP contribution < -0.4 is 0 Å². The van der Waals surface area contributed by atoms with Crippen molar-refractivity contribution in [1.29, 1.82) is 0 Å². The van der Waals surface area contributed by atoms with Crippen LogP contribution in [0.2, 0.25) is 0 Å². The summed E-state index contributed by atoms with van der Waals surface area (Å²) < 4.78 is 27.8. The zero-order valence-electron chi connectivity index (χ0n) is 13.0. The summed E-state index contributed by atoms with van der Waals surface area (Å²) >= 11 is 3.40. The van der Waals surface area contributed by atoms with E-state index >= 15 is 0 Å². The Morgan fingerprint density at radius 1 is 1.26 bits per heavy atom. The number of hydrogen-bond acceptors (Lipinski definition) is 3. The number of carbonyl (C=O) groups is 1. The van der Waals surface area contributed by atoms with Gasteiger partial charge in [-0.05, 0) is 49.8 Å². The summed E-state index contributed by atoms with van der Waals surface area (Å²) in [6, 6.07) is 3.63. The molecule has 0 spiro atoms. The maximum atomic E-state index is 12.9. The molecule has 0 radical (unpaired) electrons. The minimum Gasteiger partial charge on any atom is -0.331 e. The van der Waals surface area contributed by atoms with Gasteiger partial charge in [-0.15, -0.1) is 0 Å². The molecular weight excluding hydrogens is 380 g/mol. The zero-order chi connectivity index (χ0) is 16.4. The van der Waals surface area contributed by atoms with Crippen LogP contribution in [-0.4, -0.2) is 42.7 Å². The second-order valence-corrected chi connectivity index (χ2v) is 9.53. The van der Waals surface area contributed by atoms with Crippen molar-refractivity contribution in [2.24, 2.45) is 5.92 Å². The molecule has 0 N–H and O–H groups in total. The average molecular weight is 399 g/mol. The van der Waals surface area contributed by atoms with E-state index in [4.69, 9.17) is 0 Å². The molecular formula is C16H19BrN2O3S. The van der Waals surface area contributed by atoms with Gasteiger partial charge in [0, 0.05) is 30.1 Å². The van der Waals surface area contributed by atoms with Crippen LogP contribution in [0.4, 0.5) is 0 Å². The van der Waals surface area contributed by atoms with E-state index in [0.29, 0.717) is 35.6 Å². The molecule has 1 amide bonds. The van der Waals surface area contributed by atoms with E-state index in [9.17, 15) is 13.2 Å². The van der Waals surface area contributed by atoms with Crippen molar-refractivity contribution in [2.45, 2.75) is 43.7 Å². The van der Waals surface area contributed by atoms with Crippen LogP contribution in [0.5, 0.6) is 0 Å². The van der Waals surface area contributed by atoms with E-state index < -0.39 is 10.0 Å². The molecule has 124 valence electrons. The molecule has 1 saturated carbocycles. The molecule has 1 atom stereocenters. The van der Waals surface area contributed by atoms with E-state index in [1.165, 1.54) is 4.31 Å². The lowest BCUT2D eigenvalue weighted by Gasteiger charge is -2.30. The molecule has 0 aromatic heterocycles. The average Bonchev–Trinajstić information content (AvgIpc) is 3.20. The fraction of sp³-hybridized carbons (Fsp3) is 0.562. The summed E-state index contributed by atoms with van der Waals surface area (Å²) in [7, 11) is -3.58. The first-order valence-electron chi connectivity index (χ1n) is 8.03. The summed E-state index contributed by atoms with van der Waals surface area (Å²) in [6.45, 7) is 3.66. The van der Waals surface area contributed by atoms with Crippen molar-refractivity contribution in [2.75, 3.05) is 13.1 Å². The molecule has 2 fully saturated rings. The molecule has 0 bridgehead atoms. The van der Waals surface area contributed by atoms with Gasteiger partial charge in [-0.2, -0.15) is 4.31 Å². The predicted molar refractivity (Wildman–Crippen MR) is 89.6 cm³/mol. The van der Waals surface area contributed by atoms with Gasteiger partial charge >= 0.3 is 0 Å². The molecule has 5 nitrogen and oxygen atoms in total. The minimum absolute atomic E-state index is 0.133. The molecule has 1 unspecified atom stereocenters. The summed E-state index contributed by atoms with van der Waals surface area (Å²) in [6.07, 6.45) is 3.20. The van der Waals surface area contributed by atoms with Crippen LogP contribution in [0, 0.1) is 5.92 Å². The van der Waals surface area contributed by atoms with Crippen molar-refractivity contribution in [3.8, 4) is 0 Å². The Morgan fingerprint density at radius 2 is 1.96 bits per heavy atom. The summed E-state index contributed by atoms with van der Waals surface area (Å²) in [5, 5.41) is 0.